The van der Waals surface area contributed by atoms with Gasteiger partial charge in [-0.05, 0) is 36.8 Å². The highest BCUT2D eigenvalue weighted by atomic mass is 19.1. The van der Waals surface area contributed by atoms with Crippen LogP contribution in [-0.4, -0.2) is 15.7 Å². The van der Waals surface area contributed by atoms with Gasteiger partial charge in [-0.3, -0.25) is 9.48 Å². The van der Waals surface area contributed by atoms with Crippen molar-refractivity contribution in [3.05, 3.63) is 83.4 Å². The third-order valence-electron chi connectivity index (χ3n) is 3.40. The molecule has 2 aromatic carbocycles. The second-order valence-electron chi connectivity index (χ2n) is 5.38. The first-order chi connectivity index (χ1) is 11.1. The van der Waals surface area contributed by atoms with Crippen LogP contribution in [0.15, 0.2) is 60.9 Å². The van der Waals surface area contributed by atoms with Gasteiger partial charge in [0.1, 0.15) is 5.82 Å². The van der Waals surface area contributed by atoms with Crippen LogP contribution in [0.25, 0.3) is 0 Å². The highest BCUT2D eigenvalue weighted by Gasteiger charge is 2.08. The third kappa shape index (κ3) is 3.83. The van der Waals surface area contributed by atoms with Gasteiger partial charge in [-0.1, -0.05) is 29.8 Å². The minimum absolute atomic E-state index is 0.181. The summed E-state index contributed by atoms with van der Waals surface area (Å²) in [7, 11) is 0. The van der Waals surface area contributed by atoms with Crippen LogP contribution in [0.2, 0.25) is 0 Å². The summed E-state index contributed by atoms with van der Waals surface area (Å²) in [5.41, 5.74) is 3.04. The average Bonchev–Trinajstić information content (AvgIpc) is 2.94. The van der Waals surface area contributed by atoms with Crippen molar-refractivity contribution in [2.45, 2.75) is 13.5 Å². The predicted molar refractivity (Wildman–Crippen MR) is 86.9 cm³/mol. The average molecular weight is 309 g/mol. The number of hydrogen-bond acceptors (Lipinski definition) is 2. The molecule has 0 unspecified atom stereocenters. The number of rotatable bonds is 4. The maximum Gasteiger partial charge on any atom is 0.255 e. The van der Waals surface area contributed by atoms with Gasteiger partial charge in [-0.25, -0.2) is 4.39 Å². The summed E-state index contributed by atoms with van der Waals surface area (Å²) in [5.74, 6) is -0.457. The molecule has 5 heteroatoms. The largest absolute Gasteiger partial charge is 0.319 e. The number of amides is 1. The van der Waals surface area contributed by atoms with Gasteiger partial charge in [0.05, 0.1) is 18.4 Å². The zero-order chi connectivity index (χ0) is 16.2. The number of hydrogen-bond donors (Lipinski definition) is 1. The molecule has 116 valence electrons. The van der Waals surface area contributed by atoms with E-state index in [4.69, 9.17) is 0 Å². The number of carbonyl (C=O) groups excluding carboxylic acids is 1. The van der Waals surface area contributed by atoms with E-state index in [1.165, 1.54) is 12.1 Å². The van der Waals surface area contributed by atoms with Crippen LogP contribution in [-0.2, 0) is 6.54 Å². The van der Waals surface area contributed by atoms with Crippen molar-refractivity contribution >= 4 is 11.6 Å². The molecular formula is C18H16FN3O. The van der Waals surface area contributed by atoms with Gasteiger partial charge in [0, 0.05) is 11.8 Å². The molecule has 3 rings (SSSR count). The molecule has 0 radical (unpaired) electrons. The van der Waals surface area contributed by atoms with Gasteiger partial charge >= 0.3 is 0 Å². The van der Waals surface area contributed by atoms with E-state index < -0.39 is 0 Å². The Morgan fingerprint density at radius 1 is 1.22 bits per heavy atom. The van der Waals surface area contributed by atoms with E-state index in [0.29, 0.717) is 17.8 Å². The second-order valence-corrected chi connectivity index (χ2v) is 5.38. The van der Waals surface area contributed by atoms with Crippen molar-refractivity contribution in [3.8, 4) is 0 Å². The summed E-state index contributed by atoms with van der Waals surface area (Å²) in [5, 5.41) is 6.99. The highest BCUT2D eigenvalue weighted by molar-refractivity contribution is 6.04. The molecule has 0 aliphatic rings. The minimum atomic E-state index is -0.275. The summed E-state index contributed by atoms with van der Waals surface area (Å²) < 4.78 is 14.8. The zero-order valence-corrected chi connectivity index (χ0v) is 12.7. The van der Waals surface area contributed by atoms with E-state index in [2.05, 4.69) is 10.4 Å². The lowest BCUT2D eigenvalue weighted by atomic mass is 10.1. The minimum Gasteiger partial charge on any atom is -0.319 e. The summed E-state index contributed by atoms with van der Waals surface area (Å²) in [6.45, 7) is 2.38. The Labute approximate surface area is 133 Å². The molecule has 23 heavy (non-hydrogen) atoms. The number of aryl methyl sites for hydroxylation is 1. The molecule has 0 saturated carbocycles. The number of nitrogens with one attached hydrogen (secondary N) is 1. The molecule has 0 atom stereocenters. The molecule has 3 aromatic rings. The fraction of sp³-hybridized carbons (Fsp3) is 0.111. The molecule has 1 amide bonds. The molecule has 1 N–H and O–H groups in total. The standard InChI is InChI=1S/C18H16FN3O/c1-13-4-2-6-15(8-13)18(23)21-17-10-20-22(12-17)11-14-5-3-7-16(19)9-14/h2-10,12H,11H2,1H3,(H,21,23). The number of benzene rings is 2. The zero-order valence-electron chi connectivity index (χ0n) is 12.7. The topological polar surface area (TPSA) is 46.9 Å². The first-order valence-corrected chi connectivity index (χ1v) is 7.25. The molecule has 1 heterocycles. The van der Waals surface area contributed by atoms with Crippen LogP contribution in [0.5, 0.6) is 0 Å². The fourth-order valence-electron chi connectivity index (χ4n) is 2.33. The Hall–Kier alpha value is -2.95. The van der Waals surface area contributed by atoms with E-state index in [1.807, 2.05) is 31.2 Å². The Bertz CT molecular complexity index is 842. The van der Waals surface area contributed by atoms with Crippen molar-refractivity contribution in [1.29, 1.82) is 0 Å². The van der Waals surface area contributed by atoms with Gasteiger partial charge < -0.3 is 5.32 Å². The molecular weight excluding hydrogens is 293 g/mol. The second kappa shape index (κ2) is 6.44. The van der Waals surface area contributed by atoms with Crippen LogP contribution in [0, 0.1) is 12.7 Å². The summed E-state index contributed by atoms with van der Waals surface area (Å²) in [6.07, 6.45) is 3.30. The Morgan fingerprint density at radius 3 is 2.83 bits per heavy atom. The van der Waals surface area contributed by atoms with Crippen molar-refractivity contribution in [2.75, 3.05) is 5.32 Å². The van der Waals surface area contributed by atoms with E-state index >= 15 is 0 Å². The first kappa shape index (κ1) is 15.0. The summed E-state index contributed by atoms with van der Waals surface area (Å²) in [4.78, 5) is 12.2. The first-order valence-electron chi connectivity index (χ1n) is 7.25. The smallest absolute Gasteiger partial charge is 0.255 e. The fourth-order valence-corrected chi connectivity index (χ4v) is 2.33. The van der Waals surface area contributed by atoms with Crippen LogP contribution in [0.1, 0.15) is 21.5 Å². The van der Waals surface area contributed by atoms with E-state index in [1.54, 1.807) is 29.2 Å². The van der Waals surface area contributed by atoms with Crippen LogP contribution < -0.4 is 5.32 Å². The molecule has 0 bridgehead atoms. The van der Waals surface area contributed by atoms with Gasteiger partial charge in [-0.2, -0.15) is 5.10 Å². The molecule has 1 aromatic heterocycles. The van der Waals surface area contributed by atoms with Crippen molar-refractivity contribution in [3.63, 3.8) is 0 Å². The normalized spacial score (nSPS) is 10.5. The van der Waals surface area contributed by atoms with Crippen LogP contribution in [0.3, 0.4) is 0 Å². The maximum atomic E-state index is 13.2. The molecule has 0 aliphatic carbocycles. The van der Waals surface area contributed by atoms with Crippen LogP contribution in [0.4, 0.5) is 10.1 Å². The lowest BCUT2D eigenvalue weighted by molar-refractivity contribution is 0.102. The Kier molecular flexibility index (Phi) is 4.19. The van der Waals surface area contributed by atoms with Crippen molar-refractivity contribution < 1.29 is 9.18 Å². The number of aromatic nitrogens is 2. The molecule has 0 aliphatic heterocycles. The number of carbonyl (C=O) groups is 1. The van der Waals surface area contributed by atoms with Gasteiger partial charge in [0.15, 0.2) is 0 Å². The monoisotopic (exact) mass is 309 g/mol. The van der Waals surface area contributed by atoms with E-state index in [-0.39, 0.29) is 11.7 Å². The lowest BCUT2D eigenvalue weighted by Crippen LogP contribution is -2.11. The lowest BCUT2D eigenvalue weighted by Gasteiger charge is -2.04. The van der Waals surface area contributed by atoms with E-state index in [9.17, 15) is 9.18 Å². The Balaban J connectivity index is 1.68. The quantitative estimate of drug-likeness (QED) is 0.800. The molecule has 0 fully saturated rings. The number of halogens is 1. The van der Waals surface area contributed by atoms with Crippen LogP contribution >= 0.6 is 0 Å². The molecule has 0 saturated heterocycles. The van der Waals surface area contributed by atoms with E-state index in [0.717, 1.165) is 11.1 Å². The number of nitrogens with zero attached hydrogens (tertiary/aromatic N) is 2. The highest BCUT2D eigenvalue weighted by Crippen LogP contribution is 2.12. The molecule has 0 spiro atoms. The predicted octanol–water partition coefficient (Wildman–Crippen LogP) is 3.63. The van der Waals surface area contributed by atoms with Crippen molar-refractivity contribution in [1.82, 2.24) is 9.78 Å². The molecule has 4 nitrogen and oxygen atoms in total. The van der Waals surface area contributed by atoms with Gasteiger partial charge in [0.25, 0.3) is 5.91 Å². The summed E-state index contributed by atoms with van der Waals surface area (Å²) in [6, 6.07) is 13.7. The maximum absolute atomic E-state index is 13.2. The van der Waals surface area contributed by atoms with Gasteiger partial charge in [0.2, 0.25) is 0 Å². The summed E-state index contributed by atoms with van der Waals surface area (Å²) >= 11 is 0. The Morgan fingerprint density at radius 2 is 2.04 bits per heavy atom. The number of anilines is 1. The third-order valence-corrected chi connectivity index (χ3v) is 3.40. The van der Waals surface area contributed by atoms with Crippen molar-refractivity contribution in [2.24, 2.45) is 0 Å². The SMILES string of the molecule is Cc1cccc(C(=O)Nc2cnn(Cc3cccc(F)c3)c2)c1. The van der Waals surface area contributed by atoms with Gasteiger partial charge in [-0.15, -0.1) is 0 Å².